The van der Waals surface area contributed by atoms with Gasteiger partial charge in [-0.2, -0.15) is 0 Å². The highest BCUT2D eigenvalue weighted by Crippen LogP contribution is 2.11. The molecule has 0 aliphatic rings. The lowest BCUT2D eigenvalue weighted by Crippen LogP contribution is -2.69. The molecule has 0 saturated heterocycles. The van der Waals surface area contributed by atoms with E-state index < -0.39 is 53.5 Å². The fourth-order valence-electron chi connectivity index (χ4n) is 2.67. The van der Waals surface area contributed by atoms with Gasteiger partial charge in [0.1, 0.15) is 30.3 Å². The predicted molar refractivity (Wildman–Crippen MR) is 134 cm³/mol. The molecule has 0 aliphatic carbocycles. The van der Waals surface area contributed by atoms with Crippen molar-refractivity contribution < 1.29 is 48.6 Å². The monoisotopic (exact) mass is 530 g/mol. The zero-order valence-electron chi connectivity index (χ0n) is 23.0. The molecule has 0 unspecified atom stereocenters. The van der Waals surface area contributed by atoms with Crippen LogP contribution in [-0.4, -0.2) is 93.2 Å². The Morgan fingerprint density at radius 3 is 1.78 bits per heavy atom. The summed E-state index contributed by atoms with van der Waals surface area (Å²) < 4.78 is 26.2. The van der Waals surface area contributed by atoms with E-state index in [-0.39, 0.29) is 26.2 Å². The van der Waals surface area contributed by atoms with Crippen LogP contribution in [0.25, 0.3) is 0 Å². The molecule has 0 rings (SSSR count). The Kier molecular flexibility index (Phi) is 16.4. The topological polar surface area (TPSA) is 166 Å². The van der Waals surface area contributed by atoms with E-state index in [9.17, 15) is 19.2 Å². The van der Waals surface area contributed by atoms with Gasteiger partial charge >= 0.3 is 11.9 Å². The molecule has 0 radical (unpaired) electrons. The summed E-state index contributed by atoms with van der Waals surface area (Å²) in [7, 11) is 0. The Balaban J connectivity index is 4.72. The number of amides is 2. The van der Waals surface area contributed by atoms with Gasteiger partial charge in [-0.25, -0.2) is 0 Å². The Hall–Kier alpha value is -2.72. The molecule has 212 valence electrons. The van der Waals surface area contributed by atoms with Gasteiger partial charge in [-0.05, 0) is 41.5 Å². The van der Waals surface area contributed by atoms with E-state index in [1.807, 2.05) is 0 Å². The van der Waals surface area contributed by atoms with Gasteiger partial charge in [-0.3, -0.25) is 19.2 Å². The standard InChI is InChI=1S/C25H43N3O9/c1-8-10-33-12-14-35-15-13-34-11-9-27-23(32)19(17-21(30)37-25(5,6)7)28-22(31)18(26)16-20(29)36-24(2,3)4/h1,18-19H,9-17,26H2,2-7H3,(H,27,32)(H,28,31)/p+1/t18-,19-/m0/s1. The molecule has 0 aliphatic heterocycles. The molecular weight excluding hydrogens is 486 g/mol. The number of esters is 2. The molecule has 0 aromatic carbocycles. The fraction of sp³-hybridized carbons (Fsp3) is 0.760. The molecule has 0 aromatic heterocycles. The second-order valence-corrected chi connectivity index (χ2v) is 10.1. The largest absolute Gasteiger partial charge is 0.460 e. The van der Waals surface area contributed by atoms with Gasteiger partial charge in [0.2, 0.25) is 5.91 Å². The van der Waals surface area contributed by atoms with E-state index >= 15 is 0 Å². The van der Waals surface area contributed by atoms with E-state index in [4.69, 9.17) is 30.1 Å². The number of nitrogens with one attached hydrogen (secondary N) is 2. The first-order chi connectivity index (χ1) is 17.1. The molecule has 0 heterocycles. The van der Waals surface area contributed by atoms with Crippen LogP contribution >= 0.6 is 0 Å². The molecule has 2 amide bonds. The normalized spacial score (nSPS) is 13.1. The van der Waals surface area contributed by atoms with Crippen molar-refractivity contribution in [2.24, 2.45) is 0 Å². The molecule has 37 heavy (non-hydrogen) atoms. The van der Waals surface area contributed by atoms with Crippen LogP contribution in [0.15, 0.2) is 0 Å². The van der Waals surface area contributed by atoms with Crippen molar-refractivity contribution in [1.29, 1.82) is 0 Å². The van der Waals surface area contributed by atoms with Crippen LogP contribution in [0, 0.1) is 12.3 Å². The van der Waals surface area contributed by atoms with Gasteiger partial charge in [-0.15, -0.1) is 6.42 Å². The summed E-state index contributed by atoms with van der Waals surface area (Å²) >= 11 is 0. The van der Waals surface area contributed by atoms with Crippen LogP contribution in [0.5, 0.6) is 0 Å². The van der Waals surface area contributed by atoms with Crippen molar-refractivity contribution in [3.8, 4) is 12.3 Å². The zero-order chi connectivity index (χ0) is 28.5. The van der Waals surface area contributed by atoms with Crippen molar-refractivity contribution >= 4 is 23.8 Å². The zero-order valence-corrected chi connectivity index (χ0v) is 23.0. The van der Waals surface area contributed by atoms with E-state index in [0.29, 0.717) is 26.4 Å². The smallest absolute Gasteiger partial charge is 0.312 e. The van der Waals surface area contributed by atoms with E-state index in [1.165, 1.54) is 0 Å². The van der Waals surface area contributed by atoms with Crippen molar-refractivity contribution in [2.75, 3.05) is 46.2 Å². The quantitative estimate of drug-likeness (QED) is 0.126. The van der Waals surface area contributed by atoms with Crippen molar-refractivity contribution in [2.45, 2.75) is 77.7 Å². The van der Waals surface area contributed by atoms with Gasteiger partial charge in [0.05, 0.1) is 39.5 Å². The summed E-state index contributed by atoms with van der Waals surface area (Å²) in [4.78, 5) is 49.7. The first-order valence-corrected chi connectivity index (χ1v) is 12.2. The molecular formula is C25H44N3O9+. The fourth-order valence-corrected chi connectivity index (χ4v) is 2.67. The van der Waals surface area contributed by atoms with E-state index in [2.05, 4.69) is 22.3 Å². The van der Waals surface area contributed by atoms with Crippen molar-refractivity contribution in [3.63, 3.8) is 0 Å². The summed E-state index contributed by atoms with van der Waals surface area (Å²) in [6.45, 7) is 12.2. The summed E-state index contributed by atoms with van der Waals surface area (Å²) in [5, 5.41) is 5.10. The number of rotatable bonds is 17. The number of hydrogen-bond acceptors (Lipinski definition) is 9. The maximum Gasteiger partial charge on any atom is 0.312 e. The number of ether oxygens (including phenoxy) is 5. The average molecular weight is 531 g/mol. The minimum absolute atomic E-state index is 0.135. The van der Waals surface area contributed by atoms with Crippen molar-refractivity contribution in [1.82, 2.24) is 10.6 Å². The summed E-state index contributed by atoms with van der Waals surface area (Å²) in [5.74, 6) is -0.188. The van der Waals surface area contributed by atoms with E-state index in [1.54, 1.807) is 41.5 Å². The highest BCUT2D eigenvalue weighted by molar-refractivity contribution is 5.93. The van der Waals surface area contributed by atoms with Gasteiger partial charge in [0.15, 0.2) is 6.04 Å². The Morgan fingerprint density at radius 1 is 0.784 bits per heavy atom. The molecule has 12 nitrogen and oxygen atoms in total. The minimum Gasteiger partial charge on any atom is -0.460 e. The third-order valence-corrected chi connectivity index (χ3v) is 4.10. The third-order valence-electron chi connectivity index (χ3n) is 4.10. The molecule has 0 spiro atoms. The van der Waals surface area contributed by atoms with Crippen LogP contribution in [0.4, 0.5) is 0 Å². The number of quaternary nitrogens is 1. The van der Waals surface area contributed by atoms with Crippen LogP contribution < -0.4 is 16.4 Å². The highest BCUT2D eigenvalue weighted by atomic mass is 16.6. The SMILES string of the molecule is C#CCOCCOCCOCCNC(=O)[C@H](CC(=O)OC(C)(C)C)NC(=O)[C@@H]([NH3+])CC(=O)OC(C)(C)C. The summed E-state index contributed by atoms with van der Waals surface area (Å²) in [5.41, 5.74) is 2.20. The van der Waals surface area contributed by atoms with Crippen LogP contribution in [0.3, 0.4) is 0 Å². The molecule has 12 heteroatoms. The number of carbonyl (C=O) groups excluding carboxylic acids is 4. The minimum atomic E-state index is -1.23. The lowest BCUT2D eigenvalue weighted by molar-refractivity contribution is -0.403. The summed E-state index contributed by atoms with van der Waals surface area (Å²) in [6.07, 6.45) is 4.39. The molecule has 0 fully saturated rings. The van der Waals surface area contributed by atoms with Gasteiger partial charge < -0.3 is 40.1 Å². The molecule has 0 aromatic rings. The Labute approximate surface area is 219 Å². The highest BCUT2D eigenvalue weighted by Gasteiger charge is 2.31. The number of terminal acetylenes is 1. The van der Waals surface area contributed by atoms with Crippen LogP contribution in [-0.2, 0) is 42.9 Å². The molecule has 0 saturated carbocycles. The second kappa shape index (κ2) is 17.7. The lowest BCUT2D eigenvalue weighted by Gasteiger charge is -2.23. The van der Waals surface area contributed by atoms with Gasteiger partial charge in [0, 0.05) is 6.54 Å². The van der Waals surface area contributed by atoms with Crippen LogP contribution in [0.2, 0.25) is 0 Å². The summed E-state index contributed by atoms with van der Waals surface area (Å²) in [6, 6.07) is -2.25. The van der Waals surface area contributed by atoms with Gasteiger partial charge in [0.25, 0.3) is 5.91 Å². The Bertz CT molecular complexity index is 767. The van der Waals surface area contributed by atoms with Crippen LogP contribution in [0.1, 0.15) is 54.4 Å². The predicted octanol–water partition coefficient (Wildman–Crippen LogP) is -0.655. The van der Waals surface area contributed by atoms with Gasteiger partial charge in [-0.1, -0.05) is 5.92 Å². The first kappa shape index (κ1) is 34.3. The third kappa shape index (κ3) is 20.1. The average Bonchev–Trinajstić information content (AvgIpc) is 2.74. The van der Waals surface area contributed by atoms with E-state index in [0.717, 1.165) is 0 Å². The second-order valence-electron chi connectivity index (χ2n) is 10.1. The molecule has 2 atom stereocenters. The first-order valence-electron chi connectivity index (χ1n) is 12.2. The molecule has 0 bridgehead atoms. The Morgan fingerprint density at radius 2 is 1.27 bits per heavy atom. The van der Waals surface area contributed by atoms with Crippen molar-refractivity contribution in [3.05, 3.63) is 0 Å². The number of carbonyl (C=O) groups is 4. The lowest BCUT2D eigenvalue weighted by atomic mass is 10.1. The number of hydrogen-bond donors (Lipinski definition) is 3. The maximum absolute atomic E-state index is 12.7. The maximum atomic E-state index is 12.7. The molecule has 5 N–H and O–H groups in total.